The van der Waals surface area contributed by atoms with E-state index in [1.54, 1.807) is 7.11 Å². The normalized spacial score (nSPS) is 29.5. The second-order valence-corrected chi connectivity index (χ2v) is 9.10. The quantitative estimate of drug-likeness (QED) is 0.717. The zero-order valence-electron chi connectivity index (χ0n) is 18.1. The van der Waals surface area contributed by atoms with Crippen molar-refractivity contribution in [2.75, 3.05) is 20.7 Å². The number of ether oxygens (including phenoxy) is 3. The molecule has 5 nitrogen and oxygen atoms in total. The second-order valence-electron chi connectivity index (χ2n) is 9.10. The lowest BCUT2D eigenvalue weighted by Gasteiger charge is -2.34. The highest BCUT2D eigenvalue weighted by atomic mass is 16.6. The molecule has 0 bridgehead atoms. The lowest BCUT2D eigenvalue weighted by molar-refractivity contribution is 0.0173. The molecule has 5 rings (SSSR count). The molecule has 0 radical (unpaired) electrons. The minimum absolute atomic E-state index is 0.000593. The highest BCUT2D eigenvalue weighted by Gasteiger charge is 2.62. The minimum Gasteiger partial charge on any atom is -0.493 e. The van der Waals surface area contributed by atoms with Crippen molar-refractivity contribution in [1.29, 1.82) is 0 Å². The Kier molecular flexibility index (Phi) is 4.55. The lowest BCUT2D eigenvalue weighted by atomic mass is 9.69. The third-order valence-electron chi connectivity index (χ3n) is 7.40. The van der Waals surface area contributed by atoms with Crippen molar-refractivity contribution in [3.05, 3.63) is 58.7 Å². The van der Waals surface area contributed by atoms with Gasteiger partial charge in [0.05, 0.1) is 12.7 Å². The van der Waals surface area contributed by atoms with E-state index in [0.717, 1.165) is 36.6 Å². The summed E-state index contributed by atoms with van der Waals surface area (Å²) in [5.41, 5.74) is 4.09. The maximum absolute atomic E-state index is 12.9. The van der Waals surface area contributed by atoms with Gasteiger partial charge in [-0.1, -0.05) is 30.7 Å². The molecule has 30 heavy (non-hydrogen) atoms. The van der Waals surface area contributed by atoms with Crippen molar-refractivity contribution in [3.63, 3.8) is 0 Å². The van der Waals surface area contributed by atoms with E-state index in [4.69, 9.17) is 14.2 Å². The molecule has 1 fully saturated rings. The van der Waals surface area contributed by atoms with Gasteiger partial charge in [0.2, 0.25) is 0 Å². The fraction of sp³-hybridized carbons (Fsp3) is 0.480. The van der Waals surface area contributed by atoms with Crippen LogP contribution in [0.15, 0.2) is 36.4 Å². The average Bonchev–Trinajstić information content (AvgIpc) is 3.12. The second kappa shape index (κ2) is 7.02. The van der Waals surface area contributed by atoms with E-state index in [1.807, 2.05) is 37.3 Å². The van der Waals surface area contributed by atoms with E-state index in [9.17, 15) is 4.79 Å². The molecule has 5 heteroatoms. The van der Waals surface area contributed by atoms with Crippen LogP contribution in [0.25, 0.3) is 0 Å². The maximum atomic E-state index is 12.9. The van der Waals surface area contributed by atoms with Crippen LogP contribution in [0.3, 0.4) is 0 Å². The molecule has 0 N–H and O–H groups in total. The zero-order valence-corrected chi connectivity index (χ0v) is 18.1. The molecule has 0 amide bonds. The number of nitrogens with zero attached hydrogens (tertiary/aromatic N) is 1. The number of esters is 1. The maximum Gasteiger partial charge on any atom is 0.338 e. The average molecular weight is 408 g/mol. The first-order chi connectivity index (χ1) is 14.4. The molecular weight excluding hydrogens is 378 g/mol. The van der Waals surface area contributed by atoms with Gasteiger partial charge >= 0.3 is 5.97 Å². The van der Waals surface area contributed by atoms with Crippen molar-refractivity contribution in [3.8, 4) is 11.5 Å². The molecule has 158 valence electrons. The monoisotopic (exact) mass is 407 g/mol. The summed E-state index contributed by atoms with van der Waals surface area (Å²) in [6, 6.07) is 11.8. The van der Waals surface area contributed by atoms with Crippen LogP contribution in [0.5, 0.6) is 11.5 Å². The molecule has 2 aromatic rings. The summed E-state index contributed by atoms with van der Waals surface area (Å²) in [5.74, 6) is 1.61. The SMILES string of the molecule is COc1ccc2c3c1OC1C[C@@H](OC(=O)c4cccc(C)c4)C(C)[C@@]31CCN(C)C2. The first-order valence-corrected chi connectivity index (χ1v) is 10.8. The summed E-state index contributed by atoms with van der Waals surface area (Å²) < 4.78 is 18.2. The Morgan fingerprint density at radius 1 is 1.27 bits per heavy atom. The number of carbonyl (C=O) groups excluding carboxylic acids is 1. The standard InChI is InChI=1S/C25H29NO4/c1-15-6-5-7-17(12-15)24(27)29-20-13-21-25(16(20)2)10-11-26(3)14-18-8-9-19(28-4)23(30-21)22(18)25/h5-9,12,16,20-21H,10-11,13-14H2,1-4H3/t16?,20-,21?,25-/m1/s1. The number of hydrogen-bond acceptors (Lipinski definition) is 5. The topological polar surface area (TPSA) is 48.0 Å². The van der Waals surface area contributed by atoms with Gasteiger partial charge < -0.3 is 19.1 Å². The van der Waals surface area contributed by atoms with Gasteiger partial charge in [-0.2, -0.15) is 0 Å². The molecule has 4 atom stereocenters. The van der Waals surface area contributed by atoms with Crippen molar-refractivity contribution < 1.29 is 19.0 Å². The third kappa shape index (κ3) is 2.75. The van der Waals surface area contributed by atoms with Crippen LogP contribution in [0.2, 0.25) is 0 Å². The number of aryl methyl sites for hydroxylation is 1. The number of hydrogen-bond donors (Lipinski definition) is 0. The molecule has 1 aliphatic carbocycles. The molecule has 2 aromatic carbocycles. The van der Waals surface area contributed by atoms with E-state index in [2.05, 4.69) is 24.9 Å². The first kappa shape index (κ1) is 19.4. The minimum atomic E-state index is -0.247. The van der Waals surface area contributed by atoms with Gasteiger partial charge in [-0.25, -0.2) is 4.79 Å². The number of carbonyl (C=O) groups is 1. The summed E-state index contributed by atoms with van der Waals surface area (Å²) >= 11 is 0. The predicted molar refractivity (Wildman–Crippen MR) is 114 cm³/mol. The third-order valence-corrected chi connectivity index (χ3v) is 7.40. The Hall–Kier alpha value is -2.53. The van der Waals surface area contributed by atoms with Gasteiger partial charge in [0.15, 0.2) is 11.5 Å². The van der Waals surface area contributed by atoms with E-state index < -0.39 is 0 Å². The van der Waals surface area contributed by atoms with Crippen LogP contribution in [0.4, 0.5) is 0 Å². The molecule has 2 unspecified atom stereocenters. The molecule has 1 saturated carbocycles. The lowest BCUT2D eigenvalue weighted by Crippen LogP contribution is -2.40. The van der Waals surface area contributed by atoms with Gasteiger partial charge in [-0.3, -0.25) is 0 Å². The Morgan fingerprint density at radius 3 is 2.87 bits per heavy atom. The predicted octanol–water partition coefficient (Wildman–Crippen LogP) is 4.10. The first-order valence-electron chi connectivity index (χ1n) is 10.8. The Labute approximate surface area is 177 Å². The van der Waals surface area contributed by atoms with Crippen LogP contribution >= 0.6 is 0 Å². The molecule has 0 aromatic heterocycles. The van der Waals surface area contributed by atoms with E-state index in [1.165, 1.54) is 11.1 Å². The Balaban J connectivity index is 1.51. The molecular formula is C25H29NO4. The largest absolute Gasteiger partial charge is 0.493 e. The van der Waals surface area contributed by atoms with Gasteiger partial charge in [0.25, 0.3) is 0 Å². The van der Waals surface area contributed by atoms with Crippen LogP contribution in [0.1, 0.15) is 46.8 Å². The van der Waals surface area contributed by atoms with Crippen LogP contribution in [-0.4, -0.2) is 43.8 Å². The van der Waals surface area contributed by atoms with Gasteiger partial charge in [0, 0.05) is 29.9 Å². The summed E-state index contributed by atoms with van der Waals surface area (Å²) in [7, 11) is 3.86. The van der Waals surface area contributed by atoms with E-state index in [-0.39, 0.29) is 29.5 Å². The summed E-state index contributed by atoms with van der Waals surface area (Å²) in [6.45, 7) is 6.09. The van der Waals surface area contributed by atoms with E-state index >= 15 is 0 Å². The summed E-state index contributed by atoms with van der Waals surface area (Å²) in [6.07, 6.45) is 1.53. The van der Waals surface area contributed by atoms with Crippen molar-refractivity contribution in [2.24, 2.45) is 5.92 Å². The van der Waals surface area contributed by atoms with Crippen molar-refractivity contribution in [2.45, 2.75) is 50.9 Å². The van der Waals surface area contributed by atoms with E-state index in [0.29, 0.717) is 12.0 Å². The molecule has 0 saturated heterocycles. The van der Waals surface area contributed by atoms with Gasteiger partial charge in [-0.15, -0.1) is 0 Å². The van der Waals surface area contributed by atoms with Crippen LogP contribution in [0, 0.1) is 12.8 Å². The fourth-order valence-electron chi connectivity index (χ4n) is 5.85. The fourth-order valence-corrected chi connectivity index (χ4v) is 5.85. The van der Waals surface area contributed by atoms with Crippen molar-refractivity contribution in [1.82, 2.24) is 4.90 Å². The summed E-state index contributed by atoms with van der Waals surface area (Å²) in [5, 5.41) is 0. The number of rotatable bonds is 3. The highest BCUT2D eigenvalue weighted by molar-refractivity contribution is 5.89. The molecule has 3 aliphatic rings. The Bertz CT molecular complexity index is 1000. The van der Waals surface area contributed by atoms with Gasteiger partial charge in [0.1, 0.15) is 12.2 Å². The highest BCUT2D eigenvalue weighted by Crippen LogP contribution is 2.61. The number of benzene rings is 2. The zero-order chi connectivity index (χ0) is 21.0. The Morgan fingerprint density at radius 2 is 2.10 bits per heavy atom. The molecule has 1 spiro atoms. The van der Waals surface area contributed by atoms with Crippen molar-refractivity contribution >= 4 is 5.97 Å². The molecule has 2 heterocycles. The summed E-state index contributed by atoms with van der Waals surface area (Å²) in [4.78, 5) is 15.2. The molecule has 2 aliphatic heterocycles. The van der Waals surface area contributed by atoms with Crippen LogP contribution in [-0.2, 0) is 16.7 Å². The number of methoxy groups -OCH3 is 1. The van der Waals surface area contributed by atoms with Crippen LogP contribution < -0.4 is 9.47 Å². The van der Waals surface area contributed by atoms with Gasteiger partial charge in [-0.05, 0) is 50.7 Å². The smallest absolute Gasteiger partial charge is 0.338 e.